The SMILES string of the molecule is CCCC1(F)COC(COc2ccc(-c3ccc(CC)c(F)c3F)cc2)OC1. The van der Waals surface area contributed by atoms with Gasteiger partial charge in [-0.05, 0) is 36.1 Å². The average molecular weight is 394 g/mol. The molecule has 0 bridgehead atoms. The summed E-state index contributed by atoms with van der Waals surface area (Å²) in [5, 5.41) is 0. The van der Waals surface area contributed by atoms with E-state index in [1.54, 1.807) is 43.3 Å². The Labute approximate surface area is 163 Å². The summed E-state index contributed by atoms with van der Waals surface area (Å²) in [5.74, 6) is -1.12. The van der Waals surface area contributed by atoms with Crippen molar-refractivity contribution in [3.05, 3.63) is 53.6 Å². The molecule has 0 saturated carbocycles. The van der Waals surface area contributed by atoms with Gasteiger partial charge in [-0.1, -0.05) is 44.5 Å². The number of ether oxygens (including phenoxy) is 3. The van der Waals surface area contributed by atoms with Gasteiger partial charge in [0.25, 0.3) is 0 Å². The fourth-order valence-electron chi connectivity index (χ4n) is 3.24. The van der Waals surface area contributed by atoms with Gasteiger partial charge >= 0.3 is 0 Å². The van der Waals surface area contributed by atoms with Gasteiger partial charge in [0, 0.05) is 5.56 Å². The number of benzene rings is 2. The minimum atomic E-state index is -1.43. The predicted molar refractivity (Wildman–Crippen MR) is 101 cm³/mol. The Hall–Kier alpha value is -2.05. The minimum absolute atomic E-state index is 0.00754. The lowest BCUT2D eigenvalue weighted by atomic mass is 10.0. The van der Waals surface area contributed by atoms with Gasteiger partial charge in [0.05, 0.1) is 13.2 Å². The van der Waals surface area contributed by atoms with Crippen LogP contribution in [-0.2, 0) is 15.9 Å². The molecule has 0 unspecified atom stereocenters. The number of rotatable bonds is 7. The second-order valence-electron chi connectivity index (χ2n) is 7.04. The Morgan fingerprint density at radius 2 is 1.68 bits per heavy atom. The van der Waals surface area contributed by atoms with Gasteiger partial charge in [-0.3, -0.25) is 0 Å². The summed E-state index contributed by atoms with van der Waals surface area (Å²) in [7, 11) is 0. The summed E-state index contributed by atoms with van der Waals surface area (Å²) in [4.78, 5) is 0. The molecule has 6 heteroatoms. The smallest absolute Gasteiger partial charge is 0.191 e. The van der Waals surface area contributed by atoms with E-state index in [-0.39, 0.29) is 25.4 Å². The quantitative estimate of drug-likeness (QED) is 0.625. The Bertz CT molecular complexity index is 784. The zero-order valence-corrected chi connectivity index (χ0v) is 16.1. The van der Waals surface area contributed by atoms with Gasteiger partial charge in [-0.25, -0.2) is 13.2 Å². The fraction of sp³-hybridized carbons (Fsp3) is 0.455. The standard InChI is InChI=1S/C22H25F3O3/c1-3-11-22(25)13-27-19(28-14-22)12-26-17-8-5-16(6-9-17)18-10-7-15(4-2)20(23)21(18)24/h5-10,19H,3-4,11-14H2,1-2H3. The van der Waals surface area contributed by atoms with Crippen molar-refractivity contribution >= 4 is 0 Å². The van der Waals surface area contributed by atoms with Crippen molar-refractivity contribution in [2.24, 2.45) is 0 Å². The van der Waals surface area contributed by atoms with E-state index >= 15 is 0 Å². The topological polar surface area (TPSA) is 27.7 Å². The second kappa shape index (κ2) is 8.97. The maximum atomic E-state index is 14.3. The Balaban J connectivity index is 1.58. The van der Waals surface area contributed by atoms with Crippen LogP contribution >= 0.6 is 0 Å². The number of aryl methyl sites for hydroxylation is 1. The Morgan fingerprint density at radius 1 is 1.00 bits per heavy atom. The van der Waals surface area contributed by atoms with E-state index in [0.717, 1.165) is 6.42 Å². The summed E-state index contributed by atoms with van der Waals surface area (Å²) >= 11 is 0. The van der Waals surface area contributed by atoms with Crippen molar-refractivity contribution in [1.29, 1.82) is 0 Å². The molecule has 0 N–H and O–H groups in total. The lowest BCUT2D eigenvalue weighted by molar-refractivity contribution is -0.242. The third-order valence-corrected chi connectivity index (χ3v) is 4.85. The molecule has 0 aromatic heterocycles. The van der Waals surface area contributed by atoms with Crippen LogP contribution in [0.15, 0.2) is 36.4 Å². The van der Waals surface area contributed by atoms with Crippen LogP contribution in [0.25, 0.3) is 11.1 Å². The summed E-state index contributed by atoms with van der Waals surface area (Å²) in [6.07, 6.45) is 0.928. The molecule has 2 aromatic carbocycles. The zero-order chi connectivity index (χ0) is 20.1. The first-order valence-electron chi connectivity index (χ1n) is 9.58. The van der Waals surface area contributed by atoms with Crippen LogP contribution in [0, 0.1) is 11.6 Å². The molecule has 3 nitrogen and oxygen atoms in total. The van der Waals surface area contributed by atoms with Gasteiger partial charge in [0.2, 0.25) is 0 Å². The third-order valence-electron chi connectivity index (χ3n) is 4.85. The third kappa shape index (κ3) is 4.67. The van der Waals surface area contributed by atoms with Crippen molar-refractivity contribution in [3.63, 3.8) is 0 Å². The highest BCUT2D eigenvalue weighted by Crippen LogP contribution is 2.29. The molecule has 1 aliphatic heterocycles. The molecular weight excluding hydrogens is 369 g/mol. The molecule has 1 fully saturated rings. The van der Waals surface area contributed by atoms with Crippen LogP contribution < -0.4 is 4.74 Å². The van der Waals surface area contributed by atoms with Crippen molar-refractivity contribution in [3.8, 4) is 16.9 Å². The number of hydrogen-bond donors (Lipinski definition) is 0. The van der Waals surface area contributed by atoms with Crippen molar-refractivity contribution < 1.29 is 27.4 Å². The average Bonchev–Trinajstić information content (AvgIpc) is 2.70. The van der Waals surface area contributed by atoms with Crippen LogP contribution in [-0.4, -0.2) is 31.8 Å². The normalized spacial score (nSPS) is 22.2. The monoisotopic (exact) mass is 394 g/mol. The molecule has 2 aromatic rings. The van der Waals surface area contributed by atoms with Crippen molar-refractivity contribution in [2.45, 2.75) is 45.1 Å². The summed E-state index contributed by atoms with van der Waals surface area (Å²) < 4.78 is 59.0. The van der Waals surface area contributed by atoms with E-state index in [1.807, 2.05) is 6.92 Å². The van der Waals surface area contributed by atoms with Crippen molar-refractivity contribution in [2.75, 3.05) is 19.8 Å². The molecule has 0 amide bonds. The van der Waals surface area contributed by atoms with E-state index in [9.17, 15) is 13.2 Å². The van der Waals surface area contributed by atoms with Crippen LogP contribution in [0.2, 0.25) is 0 Å². The van der Waals surface area contributed by atoms with Crippen molar-refractivity contribution in [1.82, 2.24) is 0 Å². The first-order chi connectivity index (χ1) is 13.5. The van der Waals surface area contributed by atoms with Crippen LogP contribution in [0.1, 0.15) is 32.3 Å². The van der Waals surface area contributed by atoms with E-state index in [4.69, 9.17) is 14.2 Å². The molecule has 1 aliphatic rings. The van der Waals surface area contributed by atoms with E-state index < -0.39 is 23.6 Å². The summed E-state index contributed by atoms with van der Waals surface area (Å²) in [5.41, 5.74) is -0.321. The maximum Gasteiger partial charge on any atom is 0.191 e. The molecule has 0 spiro atoms. The highest BCUT2D eigenvalue weighted by molar-refractivity contribution is 5.65. The van der Waals surface area contributed by atoms with Gasteiger partial charge in [-0.15, -0.1) is 0 Å². The molecule has 0 atom stereocenters. The lowest BCUT2D eigenvalue weighted by Gasteiger charge is -2.33. The maximum absolute atomic E-state index is 14.3. The zero-order valence-electron chi connectivity index (χ0n) is 16.1. The van der Waals surface area contributed by atoms with Gasteiger partial charge in [0.1, 0.15) is 12.4 Å². The van der Waals surface area contributed by atoms with Crippen LogP contribution in [0.3, 0.4) is 0 Å². The fourth-order valence-corrected chi connectivity index (χ4v) is 3.24. The molecule has 0 aliphatic carbocycles. The first-order valence-corrected chi connectivity index (χ1v) is 9.58. The van der Waals surface area contributed by atoms with Gasteiger partial charge in [0.15, 0.2) is 23.6 Å². The van der Waals surface area contributed by atoms with E-state index in [1.165, 1.54) is 0 Å². The van der Waals surface area contributed by atoms with Crippen LogP contribution in [0.5, 0.6) is 5.75 Å². The van der Waals surface area contributed by atoms with Gasteiger partial charge < -0.3 is 14.2 Å². The molecule has 28 heavy (non-hydrogen) atoms. The molecule has 152 valence electrons. The number of halogens is 3. The highest BCUT2D eigenvalue weighted by Gasteiger charge is 2.36. The Kier molecular flexibility index (Phi) is 6.62. The minimum Gasteiger partial charge on any atom is -0.488 e. The molecular formula is C22H25F3O3. The summed E-state index contributed by atoms with van der Waals surface area (Å²) in [6, 6.07) is 9.83. The largest absolute Gasteiger partial charge is 0.488 e. The summed E-state index contributed by atoms with van der Waals surface area (Å²) in [6.45, 7) is 3.80. The predicted octanol–water partition coefficient (Wildman–Crippen LogP) is 5.45. The molecule has 3 rings (SSSR count). The second-order valence-corrected chi connectivity index (χ2v) is 7.04. The first kappa shape index (κ1) is 20.7. The molecule has 1 heterocycles. The van der Waals surface area contributed by atoms with Crippen LogP contribution in [0.4, 0.5) is 13.2 Å². The lowest BCUT2D eigenvalue weighted by Crippen LogP contribution is -2.45. The van der Waals surface area contributed by atoms with E-state index in [0.29, 0.717) is 29.7 Å². The number of hydrogen-bond acceptors (Lipinski definition) is 3. The highest BCUT2D eigenvalue weighted by atomic mass is 19.2. The van der Waals surface area contributed by atoms with E-state index in [2.05, 4.69) is 0 Å². The molecule has 1 saturated heterocycles. The van der Waals surface area contributed by atoms with Gasteiger partial charge in [-0.2, -0.15) is 0 Å². The molecule has 0 radical (unpaired) electrons. The Morgan fingerprint density at radius 3 is 2.29 bits per heavy atom. The number of alkyl halides is 1.